The first-order valence-electron chi connectivity index (χ1n) is 9.56. The van der Waals surface area contributed by atoms with Gasteiger partial charge in [-0.15, -0.1) is 8.58 Å². The van der Waals surface area contributed by atoms with E-state index in [2.05, 4.69) is 90.1 Å². The van der Waals surface area contributed by atoms with Gasteiger partial charge in [0.25, 0.3) is 0 Å². The average molecular weight is 355 g/mol. The molecule has 0 amide bonds. The third-order valence-electron chi connectivity index (χ3n) is 4.82. The number of hydrogen-bond donors (Lipinski definition) is 0. The molecular weight excluding hydrogens is 319 g/mol. The van der Waals surface area contributed by atoms with Crippen molar-refractivity contribution in [1.82, 2.24) is 0 Å². The lowest BCUT2D eigenvalue weighted by Crippen LogP contribution is -2.10. The van der Waals surface area contributed by atoms with Gasteiger partial charge < -0.3 is 0 Å². The van der Waals surface area contributed by atoms with Crippen LogP contribution < -0.4 is 0 Å². The smallest absolute Gasteiger partial charge is 0.0132 e. The van der Waals surface area contributed by atoms with Gasteiger partial charge in [0.05, 0.1) is 0 Å². The monoisotopic (exact) mass is 354 g/mol. The van der Waals surface area contributed by atoms with E-state index in [9.17, 15) is 0 Å². The van der Waals surface area contributed by atoms with Crippen LogP contribution in [0.15, 0.2) is 48.5 Å². The fourth-order valence-corrected chi connectivity index (χ4v) is 4.11. The fraction of sp³-hybridized carbons (Fsp3) is 0.500. The summed E-state index contributed by atoms with van der Waals surface area (Å²) in [5.41, 5.74) is 6.32. The third kappa shape index (κ3) is 6.59. The zero-order valence-corrected chi connectivity index (χ0v) is 17.9. The van der Waals surface area contributed by atoms with Crippen molar-refractivity contribution in [3.8, 4) is 0 Å². The van der Waals surface area contributed by atoms with Gasteiger partial charge in [0.2, 0.25) is 0 Å². The maximum Gasteiger partial charge on any atom is -0.0132 e. The molecule has 0 N–H and O–H groups in total. The van der Waals surface area contributed by atoms with Crippen molar-refractivity contribution < 1.29 is 0 Å². The molecule has 136 valence electrons. The van der Waals surface area contributed by atoms with Crippen LogP contribution in [0.5, 0.6) is 0 Å². The number of aryl methyl sites for hydroxylation is 2. The summed E-state index contributed by atoms with van der Waals surface area (Å²) >= 11 is 0. The number of hydrogen-bond acceptors (Lipinski definition) is 0. The molecule has 0 bridgehead atoms. The number of benzene rings is 2. The lowest BCUT2D eigenvalue weighted by Gasteiger charge is -2.19. The van der Waals surface area contributed by atoms with Crippen LogP contribution in [-0.2, 0) is 23.7 Å². The Morgan fingerprint density at radius 1 is 0.560 bits per heavy atom. The minimum Gasteiger partial charge on any atom is -0.121 e. The van der Waals surface area contributed by atoms with Crippen molar-refractivity contribution in [2.75, 3.05) is 12.3 Å². The molecule has 0 saturated heterocycles. The lowest BCUT2D eigenvalue weighted by atomic mass is 9.86. The first-order valence-corrected chi connectivity index (χ1v) is 11.0. The molecule has 2 aromatic rings. The summed E-state index contributed by atoms with van der Waals surface area (Å²) in [5.74, 6) is 0. The quantitative estimate of drug-likeness (QED) is 0.398. The topological polar surface area (TPSA) is 0 Å². The van der Waals surface area contributed by atoms with Crippen LogP contribution in [0.3, 0.4) is 0 Å². The Balaban J connectivity index is 1.71. The minimum absolute atomic E-state index is 0.253. The summed E-state index contributed by atoms with van der Waals surface area (Å²) in [6, 6.07) is 18.5. The van der Waals surface area contributed by atoms with Crippen molar-refractivity contribution >= 4 is 8.58 Å². The Hall–Kier alpha value is -1.13. The van der Waals surface area contributed by atoms with Crippen LogP contribution in [-0.4, -0.2) is 12.3 Å². The van der Waals surface area contributed by atoms with Gasteiger partial charge in [-0.3, -0.25) is 0 Å². The van der Waals surface area contributed by atoms with Crippen LogP contribution in [0.2, 0.25) is 0 Å². The van der Waals surface area contributed by atoms with Gasteiger partial charge in [0.15, 0.2) is 0 Å². The Kier molecular flexibility index (Phi) is 6.86. The van der Waals surface area contributed by atoms with Gasteiger partial charge in [-0.25, -0.2) is 0 Å². The maximum atomic E-state index is 2.32. The first kappa shape index (κ1) is 20.2. The molecule has 0 aliphatic heterocycles. The average Bonchev–Trinajstić information content (AvgIpc) is 2.54. The van der Waals surface area contributed by atoms with Gasteiger partial charge >= 0.3 is 0 Å². The molecule has 0 aliphatic carbocycles. The van der Waals surface area contributed by atoms with Gasteiger partial charge in [-0.2, -0.15) is 0 Å². The SMILES string of the molecule is CC(C)(C)c1ccc(CCPCCc2ccc(C(C)(C)C)cc2)cc1. The minimum atomic E-state index is 0.253. The highest BCUT2D eigenvalue weighted by atomic mass is 31.1. The van der Waals surface area contributed by atoms with Crippen molar-refractivity contribution in [3.63, 3.8) is 0 Å². The molecule has 2 rings (SSSR count). The Morgan fingerprint density at radius 2 is 0.880 bits per heavy atom. The molecule has 0 radical (unpaired) electrons. The van der Waals surface area contributed by atoms with Crippen LogP contribution in [0, 0.1) is 0 Å². The lowest BCUT2D eigenvalue weighted by molar-refractivity contribution is 0.589. The maximum absolute atomic E-state index is 2.32. The molecule has 0 nitrogen and oxygen atoms in total. The van der Waals surface area contributed by atoms with E-state index < -0.39 is 0 Å². The summed E-state index contributed by atoms with van der Waals surface area (Å²) in [4.78, 5) is 0. The molecular formula is C24H35P. The Bertz CT molecular complexity index is 577. The van der Waals surface area contributed by atoms with Crippen LogP contribution >= 0.6 is 8.58 Å². The molecule has 0 aromatic heterocycles. The number of rotatable bonds is 6. The van der Waals surface area contributed by atoms with E-state index in [1.165, 1.54) is 47.4 Å². The van der Waals surface area contributed by atoms with E-state index in [1.54, 1.807) is 0 Å². The summed E-state index contributed by atoms with van der Waals surface area (Å²) in [7, 11) is 1.06. The molecule has 25 heavy (non-hydrogen) atoms. The van der Waals surface area contributed by atoms with E-state index in [0.717, 1.165) is 8.58 Å². The first-order chi connectivity index (χ1) is 11.7. The van der Waals surface area contributed by atoms with E-state index in [0.29, 0.717) is 0 Å². The van der Waals surface area contributed by atoms with Gasteiger partial charge in [-0.05, 0) is 58.2 Å². The standard InChI is InChI=1S/C24H35P/c1-23(2,3)21-11-7-19(8-12-21)15-17-25-18-16-20-9-13-22(14-10-20)24(4,5)6/h7-14,25H,15-18H2,1-6H3. The Morgan fingerprint density at radius 3 is 1.16 bits per heavy atom. The summed E-state index contributed by atoms with van der Waals surface area (Å²) < 4.78 is 0. The van der Waals surface area contributed by atoms with E-state index in [-0.39, 0.29) is 10.8 Å². The highest BCUT2D eigenvalue weighted by Gasteiger charge is 2.13. The van der Waals surface area contributed by atoms with Crippen LogP contribution in [0.25, 0.3) is 0 Å². The largest absolute Gasteiger partial charge is 0.121 e. The molecule has 0 heterocycles. The second-order valence-electron chi connectivity index (χ2n) is 9.14. The van der Waals surface area contributed by atoms with Crippen LogP contribution in [0.1, 0.15) is 63.8 Å². The zero-order valence-electron chi connectivity index (χ0n) is 16.9. The van der Waals surface area contributed by atoms with Crippen molar-refractivity contribution in [2.45, 2.75) is 65.2 Å². The molecule has 0 saturated carbocycles. The molecule has 0 spiro atoms. The van der Waals surface area contributed by atoms with Gasteiger partial charge in [-0.1, -0.05) is 90.1 Å². The molecule has 0 atom stereocenters. The third-order valence-corrected chi connectivity index (χ3v) is 6.03. The van der Waals surface area contributed by atoms with Gasteiger partial charge in [0.1, 0.15) is 0 Å². The van der Waals surface area contributed by atoms with Gasteiger partial charge in [0, 0.05) is 0 Å². The molecule has 1 heteroatoms. The van der Waals surface area contributed by atoms with Crippen molar-refractivity contribution in [2.24, 2.45) is 0 Å². The molecule has 0 fully saturated rings. The predicted molar refractivity (Wildman–Crippen MR) is 116 cm³/mol. The highest BCUT2D eigenvalue weighted by molar-refractivity contribution is 7.37. The van der Waals surface area contributed by atoms with Crippen LogP contribution in [0.4, 0.5) is 0 Å². The van der Waals surface area contributed by atoms with E-state index in [1.807, 2.05) is 0 Å². The van der Waals surface area contributed by atoms with E-state index >= 15 is 0 Å². The Labute approximate surface area is 157 Å². The normalized spacial score (nSPS) is 12.4. The summed E-state index contributed by atoms with van der Waals surface area (Å²) in [5, 5.41) is 0. The summed E-state index contributed by atoms with van der Waals surface area (Å²) in [6.45, 7) is 13.7. The second-order valence-corrected chi connectivity index (χ2v) is 10.6. The molecule has 2 aromatic carbocycles. The molecule has 0 unspecified atom stereocenters. The van der Waals surface area contributed by atoms with Crippen molar-refractivity contribution in [1.29, 1.82) is 0 Å². The fourth-order valence-electron chi connectivity index (χ4n) is 2.93. The summed E-state index contributed by atoms with van der Waals surface area (Å²) in [6.07, 6.45) is 5.06. The predicted octanol–water partition coefficient (Wildman–Crippen LogP) is 6.75. The van der Waals surface area contributed by atoms with E-state index in [4.69, 9.17) is 0 Å². The highest BCUT2D eigenvalue weighted by Crippen LogP contribution is 2.24. The second kappa shape index (κ2) is 8.50. The molecule has 0 aliphatic rings. The van der Waals surface area contributed by atoms with Crippen molar-refractivity contribution in [3.05, 3.63) is 70.8 Å². The zero-order chi connectivity index (χ0) is 18.5.